The lowest BCUT2D eigenvalue weighted by Gasteiger charge is -2.34. The molecular formula is C46H48N6O6. The normalized spacial score (nSPS) is 14.4. The second-order valence-electron chi connectivity index (χ2n) is 15.2. The van der Waals surface area contributed by atoms with Crippen molar-refractivity contribution in [2.24, 2.45) is 5.92 Å². The Bertz CT molecular complexity index is 2310. The van der Waals surface area contributed by atoms with E-state index in [-0.39, 0.29) is 53.9 Å². The maximum absolute atomic E-state index is 13.7. The smallest absolute Gasteiger partial charge is 0.407 e. The third kappa shape index (κ3) is 8.11. The number of phenolic OH excluding ortho intramolecular Hbond substituents is 2. The van der Waals surface area contributed by atoms with Crippen LogP contribution in [0.2, 0.25) is 0 Å². The first kappa shape index (κ1) is 39.6. The Morgan fingerprint density at radius 3 is 2.17 bits per heavy atom. The van der Waals surface area contributed by atoms with Gasteiger partial charge in [-0.05, 0) is 89.6 Å². The van der Waals surface area contributed by atoms with Crippen molar-refractivity contribution < 1.29 is 29.3 Å². The Hall–Kier alpha value is -6.61. The number of amides is 3. The topological polar surface area (TPSA) is 159 Å². The van der Waals surface area contributed by atoms with E-state index in [9.17, 15) is 24.6 Å². The number of terminal acetylenes is 1. The van der Waals surface area contributed by atoms with Crippen molar-refractivity contribution in [1.82, 2.24) is 30.3 Å². The molecule has 1 aliphatic heterocycles. The molecular weight excluding hydrogens is 733 g/mol. The van der Waals surface area contributed by atoms with Crippen LogP contribution in [0.15, 0.2) is 84.9 Å². The van der Waals surface area contributed by atoms with Crippen LogP contribution in [-0.2, 0) is 16.0 Å². The molecule has 0 spiro atoms. The van der Waals surface area contributed by atoms with Crippen molar-refractivity contribution >= 4 is 17.9 Å². The predicted molar refractivity (Wildman–Crippen MR) is 221 cm³/mol. The van der Waals surface area contributed by atoms with Crippen LogP contribution in [0.3, 0.4) is 0 Å². The third-order valence-electron chi connectivity index (χ3n) is 11.1. The van der Waals surface area contributed by atoms with Gasteiger partial charge in [0.15, 0.2) is 5.82 Å². The molecule has 2 aliphatic rings. The minimum Gasteiger partial charge on any atom is -0.508 e. The van der Waals surface area contributed by atoms with E-state index in [2.05, 4.69) is 51.0 Å². The Kier molecular flexibility index (Phi) is 11.8. The number of aromatic hydroxyl groups is 2. The predicted octanol–water partition coefficient (Wildman–Crippen LogP) is 6.93. The molecule has 5 aromatic rings. The number of alkyl carbamates (subject to hydrolysis) is 1. The van der Waals surface area contributed by atoms with Crippen molar-refractivity contribution in [3.63, 3.8) is 0 Å². The summed E-state index contributed by atoms with van der Waals surface area (Å²) in [6.07, 6.45) is 7.35. The number of hydrogen-bond acceptors (Lipinski definition) is 8. The first-order valence-corrected chi connectivity index (χ1v) is 19.8. The van der Waals surface area contributed by atoms with E-state index in [0.717, 1.165) is 47.1 Å². The monoisotopic (exact) mass is 780 g/mol. The summed E-state index contributed by atoms with van der Waals surface area (Å²) in [4.78, 5) is 41.6. The molecule has 4 N–H and O–H groups in total. The summed E-state index contributed by atoms with van der Waals surface area (Å²) in [6, 6.07) is 26.1. The van der Waals surface area contributed by atoms with Crippen molar-refractivity contribution in [1.29, 1.82) is 0 Å². The van der Waals surface area contributed by atoms with Gasteiger partial charge in [-0.3, -0.25) is 14.2 Å². The molecule has 1 aromatic heterocycles. The fourth-order valence-electron chi connectivity index (χ4n) is 8.12. The number of carbonyl (C=O) groups excluding carboxylic acids is 3. The average Bonchev–Trinajstić information content (AvgIpc) is 3.80. The Labute approximate surface area is 338 Å². The molecule has 58 heavy (non-hydrogen) atoms. The maximum atomic E-state index is 13.7. The molecule has 0 radical (unpaired) electrons. The lowest BCUT2D eigenvalue weighted by molar-refractivity contribution is -0.134. The summed E-state index contributed by atoms with van der Waals surface area (Å²) < 4.78 is 7.32. The average molecular weight is 781 g/mol. The first-order chi connectivity index (χ1) is 28.1. The van der Waals surface area contributed by atoms with Crippen molar-refractivity contribution in [3.8, 4) is 52.0 Å². The minimum absolute atomic E-state index is 0.0246. The van der Waals surface area contributed by atoms with Crippen LogP contribution in [0.4, 0.5) is 4.79 Å². The molecule has 3 amide bonds. The molecule has 0 saturated carbocycles. The molecule has 0 unspecified atom stereocenters. The second-order valence-corrected chi connectivity index (χ2v) is 15.2. The SMILES string of the molecule is C#CC[C@H](NC(=O)OCC1c2ccccc2-c2ccccc21)C(=O)N1CCC(Cc2ccc(-n3c(C(=O)NCC)nnc3-c3cc(C(C)C)c(O)cc3O)cc2)CC1. The van der Waals surface area contributed by atoms with E-state index in [4.69, 9.17) is 11.2 Å². The first-order valence-electron chi connectivity index (χ1n) is 19.8. The van der Waals surface area contributed by atoms with Gasteiger partial charge in [-0.15, -0.1) is 22.5 Å². The number of nitrogens with one attached hydrogen (secondary N) is 2. The van der Waals surface area contributed by atoms with Crippen molar-refractivity contribution in [3.05, 3.63) is 113 Å². The number of fused-ring (bicyclic) bond motifs is 3. The summed E-state index contributed by atoms with van der Waals surface area (Å²) in [5.74, 6) is 2.22. The summed E-state index contributed by atoms with van der Waals surface area (Å²) in [5, 5.41) is 35.3. The van der Waals surface area contributed by atoms with E-state index >= 15 is 0 Å². The quantitative estimate of drug-likeness (QED) is 0.0993. The van der Waals surface area contributed by atoms with Gasteiger partial charge in [-0.25, -0.2) is 4.79 Å². The highest BCUT2D eigenvalue weighted by atomic mass is 16.5. The van der Waals surface area contributed by atoms with E-state index in [1.165, 1.54) is 6.07 Å². The summed E-state index contributed by atoms with van der Waals surface area (Å²) in [6.45, 7) is 7.28. The van der Waals surface area contributed by atoms with E-state index in [1.807, 2.05) is 69.3 Å². The van der Waals surface area contributed by atoms with Crippen molar-refractivity contribution in [2.45, 2.75) is 64.3 Å². The van der Waals surface area contributed by atoms with E-state index in [0.29, 0.717) is 42.4 Å². The number of ether oxygens (including phenoxy) is 1. The van der Waals surface area contributed by atoms with Gasteiger partial charge in [0.05, 0.1) is 5.56 Å². The molecule has 1 fully saturated rings. The molecule has 298 valence electrons. The number of nitrogens with zero attached hydrogens (tertiary/aromatic N) is 4. The zero-order valence-electron chi connectivity index (χ0n) is 32.9. The van der Waals surface area contributed by atoms with Gasteiger partial charge in [0, 0.05) is 43.7 Å². The van der Waals surface area contributed by atoms with Crippen LogP contribution < -0.4 is 10.6 Å². The van der Waals surface area contributed by atoms with Gasteiger partial charge >= 0.3 is 6.09 Å². The molecule has 4 aromatic carbocycles. The fourth-order valence-corrected chi connectivity index (χ4v) is 8.12. The molecule has 1 atom stereocenters. The number of likely N-dealkylation sites (tertiary alicyclic amines) is 1. The molecule has 12 nitrogen and oxygen atoms in total. The number of phenols is 2. The lowest BCUT2D eigenvalue weighted by Crippen LogP contribution is -2.51. The number of aromatic nitrogens is 3. The largest absolute Gasteiger partial charge is 0.508 e. The standard InChI is InChI=1S/C46H48N6O6/c1-5-11-39(48-46(57)58-27-38-34-14-9-7-12-32(34)33-13-8-10-15-35(33)38)45(56)51-22-20-30(21-23-51)24-29-16-18-31(19-17-29)52-42(49-50-43(52)44(55)47-6-2)37-25-36(28(3)4)40(53)26-41(37)54/h1,7-10,12-19,25-26,28,30,38-39,53-54H,6,11,20-24,27H2,2-4H3,(H,47,55)(H,48,57)/t39-/m0/s1. The van der Waals surface area contributed by atoms with E-state index in [1.54, 1.807) is 15.5 Å². The number of carbonyl (C=O) groups is 3. The Balaban J connectivity index is 0.974. The van der Waals surface area contributed by atoms with Gasteiger partial charge < -0.3 is 30.5 Å². The van der Waals surface area contributed by atoms with Gasteiger partial charge in [0.1, 0.15) is 24.1 Å². The maximum Gasteiger partial charge on any atom is 0.407 e. The van der Waals surface area contributed by atoms with Gasteiger partial charge in [0.25, 0.3) is 5.91 Å². The highest BCUT2D eigenvalue weighted by Gasteiger charge is 2.32. The summed E-state index contributed by atoms with van der Waals surface area (Å²) in [7, 11) is 0. The minimum atomic E-state index is -0.892. The fraction of sp³-hybridized carbons (Fsp3) is 0.326. The highest BCUT2D eigenvalue weighted by Crippen LogP contribution is 2.44. The molecule has 7 rings (SSSR count). The molecule has 12 heteroatoms. The summed E-state index contributed by atoms with van der Waals surface area (Å²) in [5.41, 5.74) is 7.16. The number of piperidine rings is 1. The Morgan fingerprint density at radius 1 is 0.897 bits per heavy atom. The van der Waals surface area contributed by atoms with Crippen LogP contribution >= 0.6 is 0 Å². The Morgan fingerprint density at radius 2 is 1.55 bits per heavy atom. The molecule has 1 aliphatic carbocycles. The number of benzene rings is 4. The van der Waals surface area contributed by atoms with Crippen molar-refractivity contribution in [2.75, 3.05) is 26.2 Å². The highest BCUT2D eigenvalue weighted by molar-refractivity contribution is 5.92. The molecule has 2 heterocycles. The van der Waals surface area contributed by atoms with Crippen LogP contribution in [0, 0.1) is 18.3 Å². The van der Waals surface area contributed by atoms with Crippen LogP contribution in [0.25, 0.3) is 28.2 Å². The molecule has 1 saturated heterocycles. The number of hydrogen-bond donors (Lipinski definition) is 4. The van der Waals surface area contributed by atoms with Crippen LogP contribution in [0.5, 0.6) is 11.5 Å². The second kappa shape index (κ2) is 17.3. The third-order valence-corrected chi connectivity index (χ3v) is 11.1. The van der Waals surface area contributed by atoms with Crippen LogP contribution in [-0.4, -0.2) is 80.1 Å². The molecule has 0 bridgehead atoms. The lowest BCUT2D eigenvalue weighted by atomic mass is 9.90. The summed E-state index contributed by atoms with van der Waals surface area (Å²) >= 11 is 0. The van der Waals surface area contributed by atoms with Gasteiger partial charge in [0.2, 0.25) is 11.7 Å². The van der Waals surface area contributed by atoms with E-state index < -0.39 is 18.0 Å². The van der Waals surface area contributed by atoms with Gasteiger partial charge in [-0.2, -0.15) is 0 Å². The van der Waals surface area contributed by atoms with Crippen LogP contribution in [0.1, 0.15) is 84.7 Å². The zero-order chi connectivity index (χ0) is 40.9. The van der Waals surface area contributed by atoms with Gasteiger partial charge in [-0.1, -0.05) is 74.5 Å². The number of rotatable bonds is 12. The zero-order valence-corrected chi connectivity index (χ0v) is 32.9.